The summed E-state index contributed by atoms with van der Waals surface area (Å²) in [5.41, 5.74) is 0.404. The Hall–Kier alpha value is -1.46. The summed E-state index contributed by atoms with van der Waals surface area (Å²) in [5.74, 6) is -0.963. The highest BCUT2D eigenvalue weighted by Crippen LogP contribution is 2.21. The van der Waals surface area contributed by atoms with Crippen molar-refractivity contribution in [3.63, 3.8) is 0 Å². The Bertz CT molecular complexity index is 428. The van der Waals surface area contributed by atoms with Crippen LogP contribution in [-0.2, 0) is 6.54 Å². The van der Waals surface area contributed by atoms with Crippen molar-refractivity contribution in [3.8, 4) is 0 Å². The van der Waals surface area contributed by atoms with Gasteiger partial charge in [0.1, 0.15) is 0 Å². The number of β-amino-alcohol motifs (C(OH)–C–C–N with tert-alkyl or cyclic N) is 1. The van der Waals surface area contributed by atoms with E-state index in [1.54, 1.807) is 12.1 Å². The third-order valence-corrected chi connectivity index (χ3v) is 3.21. The minimum Gasteiger partial charge on any atom is -0.478 e. The number of pyridine rings is 1. The van der Waals surface area contributed by atoms with Gasteiger partial charge in [0.25, 0.3) is 0 Å². The van der Waals surface area contributed by atoms with Crippen molar-refractivity contribution in [3.05, 3.63) is 29.6 Å². The van der Waals surface area contributed by atoms with Gasteiger partial charge >= 0.3 is 5.97 Å². The maximum Gasteiger partial charge on any atom is 0.337 e. The maximum absolute atomic E-state index is 10.7. The van der Waals surface area contributed by atoms with Crippen molar-refractivity contribution < 1.29 is 15.0 Å². The van der Waals surface area contributed by atoms with E-state index in [1.807, 2.05) is 6.92 Å². The zero-order valence-corrected chi connectivity index (χ0v) is 10.5. The summed E-state index contributed by atoms with van der Waals surface area (Å²) in [6.07, 6.45) is 3.18. The second-order valence-corrected chi connectivity index (χ2v) is 5.15. The molecular weight excluding hydrogens is 232 g/mol. The minimum absolute atomic E-state index is 0.199. The van der Waals surface area contributed by atoms with Crippen molar-refractivity contribution in [2.24, 2.45) is 0 Å². The summed E-state index contributed by atoms with van der Waals surface area (Å²) in [7, 11) is 0. The molecule has 5 nitrogen and oxygen atoms in total. The topological polar surface area (TPSA) is 73.7 Å². The van der Waals surface area contributed by atoms with Gasteiger partial charge in [-0.05, 0) is 38.4 Å². The van der Waals surface area contributed by atoms with E-state index in [0.29, 0.717) is 13.1 Å². The molecule has 5 heteroatoms. The van der Waals surface area contributed by atoms with E-state index in [2.05, 4.69) is 9.88 Å². The van der Waals surface area contributed by atoms with Gasteiger partial charge in [-0.3, -0.25) is 9.88 Å². The quantitative estimate of drug-likeness (QED) is 0.841. The van der Waals surface area contributed by atoms with Crippen molar-refractivity contribution in [1.29, 1.82) is 0 Å². The zero-order valence-electron chi connectivity index (χ0n) is 10.5. The molecule has 0 spiro atoms. The number of carboxylic acids is 1. The number of carbonyl (C=O) groups is 1. The van der Waals surface area contributed by atoms with E-state index in [1.165, 1.54) is 6.20 Å². The highest BCUT2D eigenvalue weighted by Gasteiger charge is 2.28. The molecule has 0 saturated carbocycles. The van der Waals surface area contributed by atoms with Crippen molar-refractivity contribution in [1.82, 2.24) is 9.88 Å². The lowest BCUT2D eigenvalue weighted by Crippen LogP contribution is -2.45. The van der Waals surface area contributed by atoms with Crippen LogP contribution < -0.4 is 0 Å². The number of carboxylic acid groups (broad SMARTS) is 1. The zero-order chi connectivity index (χ0) is 13.2. The Balaban J connectivity index is 1.99. The smallest absolute Gasteiger partial charge is 0.337 e. The fraction of sp³-hybridized carbons (Fsp3) is 0.538. The molecule has 98 valence electrons. The first-order valence-corrected chi connectivity index (χ1v) is 6.09. The van der Waals surface area contributed by atoms with Crippen LogP contribution in [0, 0.1) is 0 Å². The molecular formula is C13H18N2O3. The van der Waals surface area contributed by atoms with Crippen molar-refractivity contribution >= 4 is 5.97 Å². The lowest BCUT2D eigenvalue weighted by atomic mass is 9.95. The molecule has 1 aliphatic heterocycles. The normalized spacial score (nSPS) is 25.0. The Morgan fingerprint density at radius 3 is 2.89 bits per heavy atom. The predicted octanol–water partition coefficient (Wildman–Crippen LogP) is 1.13. The van der Waals surface area contributed by atoms with E-state index in [4.69, 9.17) is 5.11 Å². The van der Waals surface area contributed by atoms with Gasteiger partial charge in [0.15, 0.2) is 0 Å². The van der Waals surface area contributed by atoms with Gasteiger partial charge in [-0.25, -0.2) is 4.79 Å². The number of piperidine rings is 1. The van der Waals surface area contributed by atoms with E-state index in [9.17, 15) is 9.90 Å². The lowest BCUT2D eigenvalue weighted by molar-refractivity contribution is -0.0184. The molecule has 1 atom stereocenters. The monoisotopic (exact) mass is 250 g/mol. The average molecular weight is 250 g/mol. The second kappa shape index (κ2) is 5.04. The Kier molecular flexibility index (Phi) is 3.63. The molecule has 18 heavy (non-hydrogen) atoms. The van der Waals surface area contributed by atoms with Crippen molar-refractivity contribution in [2.45, 2.75) is 31.9 Å². The van der Waals surface area contributed by atoms with Gasteiger partial charge in [0.2, 0.25) is 0 Å². The summed E-state index contributed by atoms with van der Waals surface area (Å²) in [4.78, 5) is 17.0. The van der Waals surface area contributed by atoms with Crippen LogP contribution in [0.1, 0.15) is 35.8 Å². The highest BCUT2D eigenvalue weighted by atomic mass is 16.4. The van der Waals surface area contributed by atoms with E-state index >= 15 is 0 Å². The van der Waals surface area contributed by atoms with Crippen LogP contribution >= 0.6 is 0 Å². The SMILES string of the molecule is CC1(O)CCCN(Cc2ccc(C(=O)O)cn2)C1. The van der Waals surface area contributed by atoms with E-state index in [-0.39, 0.29) is 5.56 Å². The molecule has 0 bridgehead atoms. The molecule has 1 aliphatic rings. The summed E-state index contributed by atoms with van der Waals surface area (Å²) >= 11 is 0. The highest BCUT2D eigenvalue weighted by molar-refractivity contribution is 5.87. The van der Waals surface area contributed by atoms with E-state index in [0.717, 1.165) is 25.1 Å². The number of aromatic nitrogens is 1. The van der Waals surface area contributed by atoms with Crippen LogP contribution in [0.2, 0.25) is 0 Å². The van der Waals surface area contributed by atoms with Gasteiger partial charge in [-0.2, -0.15) is 0 Å². The standard InChI is InChI=1S/C13H18N2O3/c1-13(18)5-2-6-15(9-13)8-11-4-3-10(7-14-11)12(16)17/h3-4,7,18H,2,5-6,8-9H2,1H3,(H,16,17). The van der Waals surface area contributed by atoms with Crippen LogP contribution in [0.25, 0.3) is 0 Å². The van der Waals surface area contributed by atoms with Crippen LogP contribution in [0.5, 0.6) is 0 Å². The van der Waals surface area contributed by atoms with Crippen LogP contribution in [0.4, 0.5) is 0 Å². The van der Waals surface area contributed by atoms with Crippen molar-refractivity contribution in [2.75, 3.05) is 13.1 Å². The minimum atomic E-state index is -0.963. The maximum atomic E-state index is 10.7. The third-order valence-electron chi connectivity index (χ3n) is 3.21. The molecule has 2 N–H and O–H groups in total. The van der Waals surface area contributed by atoms with Crippen LogP contribution in [0.3, 0.4) is 0 Å². The molecule has 1 unspecified atom stereocenters. The second-order valence-electron chi connectivity index (χ2n) is 5.15. The van der Waals surface area contributed by atoms with Gasteiger partial charge in [-0.1, -0.05) is 0 Å². The predicted molar refractivity (Wildman–Crippen MR) is 66.3 cm³/mol. The molecule has 0 aliphatic carbocycles. The summed E-state index contributed by atoms with van der Waals surface area (Å²) in [6.45, 7) is 4.07. The Labute approximate surface area is 106 Å². The number of hydrogen-bond acceptors (Lipinski definition) is 4. The molecule has 0 amide bonds. The first kappa shape index (κ1) is 13.0. The molecule has 1 saturated heterocycles. The van der Waals surface area contributed by atoms with Crippen LogP contribution in [0.15, 0.2) is 18.3 Å². The first-order chi connectivity index (χ1) is 8.46. The number of hydrogen-bond donors (Lipinski definition) is 2. The fourth-order valence-electron chi connectivity index (χ4n) is 2.33. The largest absolute Gasteiger partial charge is 0.478 e. The first-order valence-electron chi connectivity index (χ1n) is 6.09. The number of rotatable bonds is 3. The van der Waals surface area contributed by atoms with E-state index < -0.39 is 11.6 Å². The van der Waals surface area contributed by atoms with Gasteiger partial charge in [0, 0.05) is 19.3 Å². The van der Waals surface area contributed by atoms with Gasteiger partial charge in [0.05, 0.1) is 16.9 Å². The molecule has 1 fully saturated rings. The van der Waals surface area contributed by atoms with Gasteiger partial charge in [-0.15, -0.1) is 0 Å². The number of nitrogens with zero attached hydrogens (tertiary/aromatic N) is 2. The molecule has 0 radical (unpaired) electrons. The Morgan fingerprint density at radius 1 is 1.56 bits per heavy atom. The van der Waals surface area contributed by atoms with Gasteiger partial charge < -0.3 is 10.2 Å². The summed E-state index contributed by atoms with van der Waals surface area (Å²) in [5, 5.41) is 18.8. The number of likely N-dealkylation sites (tertiary alicyclic amines) is 1. The third kappa shape index (κ3) is 3.27. The molecule has 1 aromatic rings. The number of aromatic carboxylic acids is 1. The number of aliphatic hydroxyl groups is 1. The van der Waals surface area contributed by atoms with Crippen LogP contribution in [-0.4, -0.2) is 44.8 Å². The summed E-state index contributed by atoms with van der Waals surface area (Å²) in [6, 6.07) is 3.29. The lowest BCUT2D eigenvalue weighted by Gasteiger charge is -2.36. The fourth-order valence-corrected chi connectivity index (χ4v) is 2.33. The molecule has 1 aromatic heterocycles. The average Bonchev–Trinajstić information content (AvgIpc) is 2.28. The summed E-state index contributed by atoms with van der Waals surface area (Å²) < 4.78 is 0. The molecule has 2 heterocycles. The molecule has 0 aromatic carbocycles. The Morgan fingerprint density at radius 2 is 2.33 bits per heavy atom. The molecule has 2 rings (SSSR count).